The van der Waals surface area contributed by atoms with E-state index in [1.165, 1.54) is 0 Å². The van der Waals surface area contributed by atoms with Crippen LogP contribution in [0.3, 0.4) is 0 Å². The molecule has 0 aromatic carbocycles. The number of phosphoric ester groups is 5. The van der Waals surface area contributed by atoms with Crippen molar-refractivity contribution >= 4 is 54.8 Å². The molecule has 0 aromatic heterocycles. The van der Waals surface area contributed by atoms with Crippen LogP contribution >= 0.6 is 54.8 Å². The van der Waals surface area contributed by atoms with E-state index < -0.39 is 91.4 Å². The fourth-order valence-electron chi connectivity index (χ4n) is 2.83. The van der Waals surface area contributed by atoms with E-state index in [0.29, 0.717) is 0 Å². The SMILES string of the molecule is O=P(O)(O)OC1C(O)[C@@H](OP(=O)(O)OP(=O)(O)O)C(OP(=O)(O)OP(=O)(O)O)[C@@H](OP(=O)(O)O)C1OP(=O)(O)O. The summed E-state index contributed by atoms with van der Waals surface area (Å²) in [4.78, 5) is 109. The summed E-state index contributed by atoms with van der Waals surface area (Å²) in [6.45, 7) is 0. The Bertz CT molecular complexity index is 1230. The fraction of sp³-hybridized carbons (Fsp3) is 1.00. The first-order chi connectivity index (χ1) is 17.3. The van der Waals surface area contributed by atoms with Gasteiger partial charge in [-0.25, -0.2) is 32.0 Å². The quantitative estimate of drug-likeness (QED) is 0.0788. The molecular weight excluding hydrogens is 721 g/mol. The molecule has 0 saturated heterocycles. The molecule has 0 bridgehead atoms. The molecule has 13 N–H and O–H groups in total. The van der Waals surface area contributed by atoms with Crippen molar-refractivity contribution in [2.75, 3.05) is 0 Å². The maximum Gasteiger partial charge on any atom is 0.481 e. The Labute approximate surface area is 219 Å². The zero-order valence-electron chi connectivity index (χ0n) is 18.1. The Morgan fingerprint density at radius 2 is 0.575 bits per heavy atom. The van der Waals surface area contributed by atoms with Gasteiger partial charge in [0.1, 0.15) is 36.6 Å². The van der Waals surface area contributed by atoms with E-state index in [-0.39, 0.29) is 0 Å². The summed E-state index contributed by atoms with van der Waals surface area (Å²) in [6, 6.07) is 0. The van der Waals surface area contributed by atoms with Crippen molar-refractivity contribution < 1.29 is 127 Å². The van der Waals surface area contributed by atoms with Crippen molar-refractivity contribution in [3.63, 3.8) is 0 Å². The Morgan fingerprint density at radius 1 is 0.350 bits per heavy atom. The molecule has 0 heterocycles. The van der Waals surface area contributed by atoms with Crippen LogP contribution in [0.4, 0.5) is 0 Å². The molecule has 40 heavy (non-hydrogen) atoms. The molecule has 1 rings (SSSR count). The maximum absolute atomic E-state index is 12.2. The highest BCUT2D eigenvalue weighted by molar-refractivity contribution is 7.61. The lowest BCUT2D eigenvalue weighted by Gasteiger charge is -2.47. The molecule has 6 unspecified atom stereocenters. The van der Waals surface area contributed by atoms with E-state index in [1.807, 2.05) is 0 Å². The second-order valence-electron chi connectivity index (χ2n) is 6.89. The van der Waals surface area contributed by atoms with Crippen LogP contribution < -0.4 is 0 Å². The highest BCUT2D eigenvalue weighted by Gasteiger charge is 2.61. The van der Waals surface area contributed by atoms with Crippen molar-refractivity contribution in [1.29, 1.82) is 0 Å². The van der Waals surface area contributed by atoms with Gasteiger partial charge in [-0.1, -0.05) is 0 Å². The van der Waals surface area contributed by atoms with Gasteiger partial charge in [-0.2, -0.15) is 8.62 Å². The summed E-state index contributed by atoms with van der Waals surface area (Å²) in [5, 5.41) is 10.5. The number of hydrogen-bond acceptors (Lipinski definition) is 15. The van der Waals surface area contributed by atoms with Crippen LogP contribution in [0.2, 0.25) is 0 Å². The Hall–Kier alpha value is 0.810. The Morgan fingerprint density at radius 3 is 0.875 bits per heavy atom. The zero-order valence-corrected chi connectivity index (χ0v) is 24.4. The largest absolute Gasteiger partial charge is 0.481 e. The number of hydrogen-bond donors (Lipinski definition) is 13. The van der Waals surface area contributed by atoms with Crippen LogP contribution in [0.15, 0.2) is 0 Å². The van der Waals surface area contributed by atoms with E-state index in [1.54, 1.807) is 0 Å². The molecule has 0 spiro atoms. The van der Waals surface area contributed by atoms with Gasteiger partial charge < -0.3 is 63.8 Å². The predicted molar refractivity (Wildman–Crippen MR) is 112 cm³/mol. The van der Waals surface area contributed by atoms with E-state index in [0.717, 1.165) is 0 Å². The number of phosphoric acid groups is 7. The van der Waals surface area contributed by atoms with E-state index in [2.05, 4.69) is 31.2 Å². The monoisotopic (exact) mass is 740 g/mol. The minimum Gasteiger partial charge on any atom is -0.387 e. The second-order valence-corrected chi connectivity index (χ2v) is 16.0. The van der Waals surface area contributed by atoms with Crippen molar-refractivity contribution in [3.8, 4) is 0 Å². The summed E-state index contributed by atoms with van der Waals surface area (Å²) >= 11 is 0. The molecule has 0 radical (unpaired) electrons. The van der Waals surface area contributed by atoms with Crippen LogP contribution in [0.5, 0.6) is 0 Å². The van der Waals surface area contributed by atoms with E-state index >= 15 is 0 Å². The third-order valence-electron chi connectivity index (χ3n) is 3.67. The molecule has 1 fully saturated rings. The first-order valence-electron chi connectivity index (χ1n) is 8.76. The van der Waals surface area contributed by atoms with Gasteiger partial charge in [-0.05, 0) is 0 Å². The summed E-state index contributed by atoms with van der Waals surface area (Å²) in [5.41, 5.74) is 0. The first-order valence-corrected chi connectivity index (χ1v) is 19.4. The third-order valence-corrected chi connectivity index (χ3v) is 9.60. The number of rotatable bonds is 14. The minimum absolute atomic E-state index is 3.13. The van der Waals surface area contributed by atoms with Gasteiger partial charge >= 0.3 is 54.8 Å². The van der Waals surface area contributed by atoms with Crippen molar-refractivity contribution in [2.24, 2.45) is 0 Å². The molecule has 1 aliphatic carbocycles. The molecule has 1 saturated carbocycles. The lowest BCUT2D eigenvalue weighted by molar-refractivity contribution is -0.205. The molecule has 240 valence electrons. The van der Waals surface area contributed by atoms with Crippen LogP contribution in [-0.2, 0) is 63.2 Å². The van der Waals surface area contributed by atoms with E-state index in [9.17, 15) is 56.6 Å². The van der Waals surface area contributed by atoms with Crippen molar-refractivity contribution in [3.05, 3.63) is 0 Å². The van der Waals surface area contributed by atoms with Gasteiger partial charge in [0.25, 0.3) is 0 Å². The van der Waals surface area contributed by atoms with Crippen LogP contribution in [0.25, 0.3) is 0 Å². The van der Waals surface area contributed by atoms with Crippen molar-refractivity contribution in [2.45, 2.75) is 36.6 Å². The summed E-state index contributed by atoms with van der Waals surface area (Å²) in [5.74, 6) is 0. The zero-order chi connectivity index (χ0) is 31.9. The van der Waals surface area contributed by atoms with Gasteiger partial charge in [0, 0.05) is 0 Å². The lowest BCUT2D eigenvalue weighted by Crippen LogP contribution is -2.66. The minimum atomic E-state index is -6.39. The van der Waals surface area contributed by atoms with Gasteiger partial charge in [0.05, 0.1) is 0 Å². The molecular formula is C6H19O27P7. The summed E-state index contributed by atoms with van der Waals surface area (Å²) in [7, 11) is -43.0. The fourth-order valence-corrected chi connectivity index (χ4v) is 8.07. The average Bonchev–Trinajstić information content (AvgIpc) is 2.57. The van der Waals surface area contributed by atoms with Gasteiger partial charge in [0.15, 0.2) is 0 Å². The highest BCUT2D eigenvalue weighted by Crippen LogP contribution is 2.63. The lowest BCUT2D eigenvalue weighted by atomic mass is 9.85. The topological polar surface area (TPSA) is 447 Å². The third kappa shape index (κ3) is 14.5. The van der Waals surface area contributed by atoms with Gasteiger partial charge in [-0.15, -0.1) is 0 Å². The van der Waals surface area contributed by atoms with Crippen LogP contribution in [0, 0.1) is 0 Å². The standard InChI is InChI=1S/C6H19O27P7/c7-1-2(27-34(8,9)10)4(28-35(11,12)13)6(29-36(14,15)16)5(31-40(25,26)33-38(20,21)22)3(1)30-39(23,24)32-37(17,18)19/h1-7H,(H,23,24)(H,25,26)(H2,8,9,10)(H2,11,12,13)(H2,14,15,16)(H2,17,18,19)(H2,20,21,22)/t1?,2?,3-,4?,5?,6+/m1/s1. The first kappa shape index (κ1) is 38.8. The molecule has 0 aliphatic heterocycles. The molecule has 0 amide bonds. The molecule has 34 heteroatoms. The molecule has 8 atom stereocenters. The highest BCUT2D eigenvalue weighted by atomic mass is 31.3. The molecule has 27 nitrogen and oxygen atoms in total. The predicted octanol–water partition coefficient (Wildman–Crippen LogP) is -3.02. The Balaban J connectivity index is 3.95. The second kappa shape index (κ2) is 13.0. The normalized spacial score (nSPS) is 30.4. The Kier molecular flexibility index (Phi) is 12.7. The van der Waals surface area contributed by atoms with E-state index in [4.69, 9.17) is 39.1 Å². The molecule has 1 aliphatic rings. The average molecular weight is 740 g/mol. The van der Waals surface area contributed by atoms with Gasteiger partial charge in [0.2, 0.25) is 0 Å². The number of aliphatic hydroxyl groups is 1. The summed E-state index contributed by atoms with van der Waals surface area (Å²) < 4.78 is 108. The smallest absolute Gasteiger partial charge is 0.387 e. The van der Waals surface area contributed by atoms with Crippen molar-refractivity contribution in [1.82, 2.24) is 0 Å². The van der Waals surface area contributed by atoms with Crippen LogP contribution in [0.1, 0.15) is 0 Å². The van der Waals surface area contributed by atoms with Crippen LogP contribution in [-0.4, -0.2) is 100 Å². The summed E-state index contributed by atoms with van der Waals surface area (Å²) in [6.07, 6.45) is -19.5. The number of aliphatic hydroxyl groups excluding tert-OH is 1. The maximum atomic E-state index is 12.2. The van der Waals surface area contributed by atoms with Gasteiger partial charge in [-0.3, -0.25) is 22.6 Å². The molecule has 0 aromatic rings.